The monoisotopic (exact) mass is 326 g/mol. The SMILES string of the molecule is CC(=O)c1ccc(N2CC(Br)CC2=O)c([N+](=O)[O-])c1. The number of carbonyl (C=O) groups excluding carboxylic acids is 2. The van der Waals surface area contributed by atoms with Gasteiger partial charge in [0.15, 0.2) is 5.78 Å². The minimum Gasteiger partial charge on any atom is -0.305 e. The van der Waals surface area contributed by atoms with Crippen LogP contribution in [0.25, 0.3) is 0 Å². The summed E-state index contributed by atoms with van der Waals surface area (Å²) in [5.41, 5.74) is 0.280. The number of Topliss-reactive ketones (excluding diaryl/α,β-unsaturated/α-hetero) is 1. The Balaban J connectivity index is 2.48. The van der Waals surface area contributed by atoms with Crippen LogP contribution in [0.1, 0.15) is 23.7 Å². The molecule has 1 aliphatic heterocycles. The van der Waals surface area contributed by atoms with E-state index < -0.39 is 4.92 Å². The van der Waals surface area contributed by atoms with E-state index >= 15 is 0 Å². The maximum Gasteiger partial charge on any atom is 0.293 e. The van der Waals surface area contributed by atoms with Crippen LogP contribution in [0.15, 0.2) is 18.2 Å². The summed E-state index contributed by atoms with van der Waals surface area (Å²) in [6.45, 7) is 1.73. The van der Waals surface area contributed by atoms with E-state index in [-0.39, 0.29) is 33.5 Å². The van der Waals surface area contributed by atoms with Gasteiger partial charge in [-0.15, -0.1) is 0 Å². The molecule has 0 radical (unpaired) electrons. The molecule has 1 aromatic rings. The van der Waals surface area contributed by atoms with Gasteiger partial charge in [0.05, 0.1) is 4.92 Å². The third kappa shape index (κ3) is 2.65. The fourth-order valence-electron chi connectivity index (χ4n) is 2.01. The number of hydrogen-bond donors (Lipinski definition) is 0. The highest BCUT2D eigenvalue weighted by Gasteiger charge is 2.33. The second-order valence-corrected chi connectivity index (χ2v) is 5.62. The quantitative estimate of drug-likeness (QED) is 0.369. The number of ketones is 1. The number of halogens is 1. The second kappa shape index (κ2) is 5.08. The predicted octanol–water partition coefficient (Wildman–Crippen LogP) is 2.30. The number of amides is 1. The summed E-state index contributed by atoms with van der Waals surface area (Å²) in [4.78, 5) is 34.9. The maximum atomic E-state index is 11.8. The molecule has 0 spiro atoms. The summed E-state index contributed by atoms with van der Waals surface area (Å²) in [5.74, 6) is -0.415. The summed E-state index contributed by atoms with van der Waals surface area (Å²) in [5, 5.41) is 11.1. The van der Waals surface area contributed by atoms with E-state index in [1.165, 1.54) is 30.0 Å². The van der Waals surface area contributed by atoms with Crippen LogP contribution in [-0.2, 0) is 4.79 Å². The Morgan fingerprint density at radius 3 is 2.68 bits per heavy atom. The predicted molar refractivity (Wildman–Crippen MR) is 72.8 cm³/mol. The van der Waals surface area contributed by atoms with Crippen molar-refractivity contribution in [3.05, 3.63) is 33.9 Å². The molecule has 2 rings (SSSR count). The van der Waals surface area contributed by atoms with Crippen LogP contribution < -0.4 is 4.90 Å². The number of nitro benzene ring substituents is 1. The van der Waals surface area contributed by atoms with Crippen molar-refractivity contribution >= 4 is 39.0 Å². The summed E-state index contributed by atoms with van der Waals surface area (Å²) < 4.78 is 0. The van der Waals surface area contributed by atoms with Crippen molar-refractivity contribution in [2.24, 2.45) is 0 Å². The van der Waals surface area contributed by atoms with Crippen LogP contribution in [0.5, 0.6) is 0 Å². The standard InChI is InChI=1S/C12H11BrN2O4/c1-7(16)8-2-3-10(11(4-8)15(18)19)14-6-9(13)5-12(14)17/h2-4,9H,5-6H2,1H3. The van der Waals surface area contributed by atoms with Crippen molar-refractivity contribution < 1.29 is 14.5 Å². The molecule has 0 aliphatic carbocycles. The average molecular weight is 327 g/mol. The molecule has 0 aromatic heterocycles. The van der Waals surface area contributed by atoms with Gasteiger partial charge in [-0.2, -0.15) is 0 Å². The highest BCUT2D eigenvalue weighted by molar-refractivity contribution is 9.09. The molecule has 100 valence electrons. The largest absolute Gasteiger partial charge is 0.305 e. The van der Waals surface area contributed by atoms with Gasteiger partial charge in [0.25, 0.3) is 5.69 Å². The third-order valence-corrected chi connectivity index (χ3v) is 3.56. The van der Waals surface area contributed by atoms with E-state index in [1.54, 1.807) is 0 Å². The minimum absolute atomic E-state index is 0.00733. The number of nitro groups is 1. The third-order valence-electron chi connectivity index (χ3n) is 2.95. The molecule has 19 heavy (non-hydrogen) atoms. The van der Waals surface area contributed by atoms with Crippen molar-refractivity contribution in [1.29, 1.82) is 0 Å². The first-order valence-corrected chi connectivity index (χ1v) is 6.55. The fourth-order valence-corrected chi connectivity index (χ4v) is 2.58. The topological polar surface area (TPSA) is 80.5 Å². The van der Waals surface area contributed by atoms with Crippen LogP contribution in [0, 0.1) is 10.1 Å². The smallest absolute Gasteiger partial charge is 0.293 e. The molecular weight excluding hydrogens is 316 g/mol. The Morgan fingerprint density at radius 2 is 2.21 bits per heavy atom. The normalized spacial score (nSPS) is 18.7. The zero-order valence-corrected chi connectivity index (χ0v) is 11.7. The van der Waals surface area contributed by atoms with E-state index in [2.05, 4.69) is 15.9 Å². The molecule has 0 bridgehead atoms. The first-order valence-electron chi connectivity index (χ1n) is 5.64. The molecule has 1 atom stereocenters. The zero-order chi connectivity index (χ0) is 14.2. The number of carbonyl (C=O) groups is 2. The lowest BCUT2D eigenvalue weighted by molar-refractivity contribution is -0.384. The Bertz CT molecular complexity index is 573. The van der Waals surface area contributed by atoms with E-state index in [0.29, 0.717) is 13.0 Å². The van der Waals surface area contributed by atoms with Crippen LogP contribution >= 0.6 is 15.9 Å². The molecule has 1 saturated heterocycles. The van der Waals surface area contributed by atoms with Crippen molar-refractivity contribution in [3.8, 4) is 0 Å². The van der Waals surface area contributed by atoms with E-state index in [9.17, 15) is 19.7 Å². The number of rotatable bonds is 3. The molecule has 1 amide bonds. The van der Waals surface area contributed by atoms with Gasteiger partial charge < -0.3 is 4.90 Å². The zero-order valence-electron chi connectivity index (χ0n) is 10.1. The van der Waals surface area contributed by atoms with Crippen molar-refractivity contribution in [3.63, 3.8) is 0 Å². The lowest BCUT2D eigenvalue weighted by Crippen LogP contribution is -2.25. The van der Waals surface area contributed by atoms with Gasteiger partial charge in [-0.3, -0.25) is 19.7 Å². The number of nitrogens with zero attached hydrogens (tertiary/aromatic N) is 2. The molecule has 0 N–H and O–H groups in total. The molecule has 0 saturated carbocycles. The minimum atomic E-state index is -0.573. The highest BCUT2D eigenvalue weighted by atomic mass is 79.9. The molecule has 1 unspecified atom stereocenters. The van der Waals surface area contributed by atoms with Gasteiger partial charge in [-0.05, 0) is 19.1 Å². The molecule has 1 fully saturated rings. The van der Waals surface area contributed by atoms with Crippen LogP contribution in [0.3, 0.4) is 0 Å². The lowest BCUT2D eigenvalue weighted by Gasteiger charge is -2.16. The molecule has 1 aliphatic rings. The molecule has 1 heterocycles. The van der Waals surface area contributed by atoms with Crippen LogP contribution in [0.4, 0.5) is 11.4 Å². The summed E-state index contributed by atoms with van der Waals surface area (Å²) >= 11 is 3.33. The van der Waals surface area contributed by atoms with Gasteiger partial charge in [0, 0.05) is 29.4 Å². The number of anilines is 1. The van der Waals surface area contributed by atoms with Gasteiger partial charge in [-0.25, -0.2) is 0 Å². The average Bonchev–Trinajstić information content (AvgIpc) is 2.67. The Morgan fingerprint density at radius 1 is 1.53 bits per heavy atom. The maximum absolute atomic E-state index is 11.8. The first-order chi connectivity index (χ1) is 8.90. The highest BCUT2D eigenvalue weighted by Crippen LogP contribution is 2.33. The van der Waals surface area contributed by atoms with Gasteiger partial charge >= 0.3 is 0 Å². The molecule has 6 nitrogen and oxygen atoms in total. The van der Waals surface area contributed by atoms with Gasteiger partial charge in [0.2, 0.25) is 5.91 Å². The fraction of sp³-hybridized carbons (Fsp3) is 0.333. The van der Waals surface area contributed by atoms with Gasteiger partial charge in [-0.1, -0.05) is 15.9 Å². The van der Waals surface area contributed by atoms with E-state index in [0.717, 1.165) is 0 Å². The van der Waals surface area contributed by atoms with Gasteiger partial charge in [0.1, 0.15) is 5.69 Å². The van der Waals surface area contributed by atoms with E-state index in [1.807, 2.05) is 0 Å². The van der Waals surface area contributed by atoms with Crippen LogP contribution in [-0.4, -0.2) is 28.0 Å². The first kappa shape index (κ1) is 13.7. The Kier molecular flexibility index (Phi) is 3.66. The van der Waals surface area contributed by atoms with E-state index in [4.69, 9.17) is 0 Å². The Labute approximate surface area is 117 Å². The van der Waals surface area contributed by atoms with Crippen LogP contribution in [0.2, 0.25) is 0 Å². The second-order valence-electron chi connectivity index (χ2n) is 4.32. The van der Waals surface area contributed by atoms with Crippen molar-refractivity contribution in [2.45, 2.75) is 18.2 Å². The van der Waals surface area contributed by atoms with Crippen molar-refractivity contribution in [2.75, 3.05) is 11.4 Å². The Hall–Kier alpha value is -1.76. The summed E-state index contributed by atoms with van der Waals surface area (Å²) in [7, 11) is 0. The molecule has 7 heteroatoms. The molecule has 1 aromatic carbocycles. The summed E-state index contributed by atoms with van der Waals surface area (Å²) in [6.07, 6.45) is 0.311. The lowest BCUT2D eigenvalue weighted by atomic mass is 10.1. The number of benzene rings is 1. The van der Waals surface area contributed by atoms with Crippen molar-refractivity contribution in [1.82, 2.24) is 0 Å². The summed E-state index contributed by atoms with van der Waals surface area (Å²) in [6, 6.07) is 4.17. The molecular formula is C12H11BrN2O4. The number of hydrogen-bond acceptors (Lipinski definition) is 4. The number of alkyl halides is 1.